The Kier molecular flexibility index (Phi) is 5.09. The summed E-state index contributed by atoms with van der Waals surface area (Å²) >= 11 is 0. The molecule has 0 aliphatic carbocycles. The van der Waals surface area contributed by atoms with Gasteiger partial charge in [0.05, 0.1) is 11.1 Å². The van der Waals surface area contributed by atoms with E-state index in [0.717, 1.165) is 6.07 Å². The van der Waals surface area contributed by atoms with Crippen LogP contribution in [0.2, 0.25) is 0 Å². The van der Waals surface area contributed by atoms with Crippen LogP contribution in [0, 0.1) is 6.92 Å². The van der Waals surface area contributed by atoms with Gasteiger partial charge in [-0.25, -0.2) is 9.59 Å². The van der Waals surface area contributed by atoms with E-state index in [2.05, 4.69) is 0 Å². The standard InChI is InChI=1S/C9H8O4.C2H6/c1-5-2-3-6(8(10)11)4-7(5)9(12)13;1-2/h2-4H,1H3,(H,10,11)(H,12,13);1-2H3. The van der Waals surface area contributed by atoms with Gasteiger partial charge in [-0.2, -0.15) is 0 Å². The molecule has 0 saturated heterocycles. The second-order valence-corrected chi connectivity index (χ2v) is 2.64. The molecule has 0 atom stereocenters. The number of hydrogen-bond donors (Lipinski definition) is 2. The van der Waals surface area contributed by atoms with Crippen molar-refractivity contribution < 1.29 is 19.8 Å². The van der Waals surface area contributed by atoms with Crippen LogP contribution in [0.5, 0.6) is 0 Å². The Hall–Kier alpha value is -1.84. The van der Waals surface area contributed by atoms with E-state index in [0.29, 0.717) is 5.56 Å². The molecular formula is C11H14O4. The fourth-order valence-corrected chi connectivity index (χ4v) is 0.985. The van der Waals surface area contributed by atoms with Crippen LogP contribution < -0.4 is 0 Å². The molecule has 0 saturated carbocycles. The van der Waals surface area contributed by atoms with Gasteiger partial charge in [0.2, 0.25) is 0 Å². The molecule has 4 nitrogen and oxygen atoms in total. The summed E-state index contributed by atoms with van der Waals surface area (Å²) in [6.45, 7) is 5.62. The van der Waals surface area contributed by atoms with Crippen LogP contribution in [0.4, 0.5) is 0 Å². The average Bonchev–Trinajstić information content (AvgIpc) is 2.20. The SMILES string of the molecule is CC.Cc1ccc(C(=O)O)cc1C(=O)O. The minimum Gasteiger partial charge on any atom is -0.478 e. The molecule has 15 heavy (non-hydrogen) atoms. The lowest BCUT2D eigenvalue weighted by Crippen LogP contribution is -2.03. The zero-order chi connectivity index (χ0) is 12.0. The molecule has 0 unspecified atom stereocenters. The highest BCUT2D eigenvalue weighted by Crippen LogP contribution is 2.11. The summed E-state index contributed by atoms with van der Waals surface area (Å²) in [5, 5.41) is 17.3. The van der Waals surface area contributed by atoms with E-state index in [-0.39, 0.29) is 11.1 Å². The van der Waals surface area contributed by atoms with Crippen molar-refractivity contribution in [3.05, 3.63) is 34.9 Å². The molecular weight excluding hydrogens is 196 g/mol. The quantitative estimate of drug-likeness (QED) is 0.786. The van der Waals surface area contributed by atoms with Gasteiger partial charge in [0.25, 0.3) is 0 Å². The Morgan fingerprint density at radius 1 is 1.07 bits per heavy atom. The first-order chi connectivity index (χ1) is 7.02. The van der Waals surface area contributed by atoms with E-state index in [9.17, 15) is 9.59 Å². The van der Waals surface area contributed by atoms with E-state index in [1.807, 2.05) is 13.8 Å². The zero-order valence-corrected chi connectivity index (χ0v) is 8.94. The van der Waals surface area contributed by atoms with E-state index in [4.69, 9.17) is 10.2 Å². The zero-order valence-electron chi connectivity index (χ0n) is 8.94. The van der Waals surface area contributed by atoms with Gasteiger partial charge in [0.15, 0.2) is 0 Å². The summed E-state index contributed by atoms with van der Waals surface area (Å²) in [7, 11) is 0. The molecule has 1 aromatic carbocycles. The molecule has 0 radical (unpaired) electrons. The lowest BCUT2D eigenvalue weighted by molar-refractivity contribution is 0.0695. The lowest BCUT2D eigenvalue weighted by atomic mass is 10.1. The van der Waals surface area contributed by atoms with Gasteiger partial charge < -0.3 is 10.2 Å². The number of benzene rings is 1. The van der Waals surface area contributed by atoms with Crippen LogP contribution in [-0.2, 0) is 0 Å². The minimum absolute atomic E-state index is 0.0111. The summed E-state index contributed by atoms with van der Waals surface area (Å²) in [5.41, 5.74) is 0.570. The van der Waals surface area contributed by atoms with Crippen LogP contribution >= 0.6 is 0 Å². The van der Waals surface area contributed by atoms with Crippen molar-refractivity contribution in [2.75, 3.05) is 0 Å². The Labute approximate surface area is 88.2 Å². The van der Waals surface area contributed by atoms with E-state index in [1.165, 1.54) is 12.1 Å². The molecule has 0 amide bonds. The van der Waals surface area contributed by atoms with Gasteiger partial charge in [-0.3, -0.25) is 0 Å². The van der Waals surface area contributed by atoms with Crippen LogP contribution in [0.1, 0.15) is 40.1 Å². The highest BCUT2D eigenvalue weighted by atomic mass is 16.4. The first kappa shape index (κ1) is 13.2. The van der Waals surface area contributed by atoms with Crippen LogP contribution in [0.15, 0.2) is 18.2 Å². The van der Waals surface area contributed by atoms with Crippen molar-refractivity contribution in [2.45, 2.75) is 20.8 Å². The van der Waals surface area contributed by atoms with Crippen LogP contribution in [0.25, 0.3) is 0 Å². The van der Waals surface area contributed by atoms with E-state index < -0.39 is 11.9 Å². The monoisotopic (exact) mass is 210 g/mol. The van der Waals surface area contributed by atoms with Gasteiger partial charge in [0.1, 0.15) is 0 Å². The van der Waals surface area contributed by atoms with Gasteiger partial charge in [-0.1, -0.05) is 19.9 Å². The Morgan fingerprint density at radius 3 is 2.00 bits per heavy atom. The molecule has 1 rings (SSSR count). The van der Waals surface area contributed by atoms with Crippen molar-refractivity contribution in [2.24, 2.45) is 0 Å². The predicted octanol–water partition coefficient (Wildman–Crippen LogP) is 2.42. The summed E-state index contributed by atoms with van der Waals surface area (Å²) in [6, 6.07) is 4.01. The molecule has 2 N–H and O–H groups in total. The van der Waals surface area contributed by atoms with Crippen LogP contribution in [-0.4, -0.2) is 22.2 Å². The second-order valence-electron chi connectivity index (χ2n) is 2.64. The van der Waals surface area contributed by atoms with Gasteiger partial charge in [0, 0.05) is 0 Å². The van der Waals surface area contributed by atoms with Gasteiger partial charge in [-0.15, -0.1) is 0 Å². The summed E-state index contributed by atoms with van der Waals surface area (Å²) in [6.07, 6.45) is 0. The second kappa shape index (κ2) is 5.80. The fraction of sp³-hybridized carbons (Fsp3) is 0.273. The molecule has 0 aromatic heterocycles. The first-order valence-corrected chi connectivity index (χ1v) is 4.59. The highest BCUT2D eigenvalue weighted by molar-refractivity contribution is 5.94. The summed E-state index contributed by atoms with van der Waals surface area (Å²) < 4.78 is 0. The number of carboxylic acids is 2. The maximum Gasteiger partial charge on any atom is 0.335 e. The molecule has 0 fully saturated rings. The lowest BCUT2D eigenvalue weighted by Gasteiger charge is -2.01. The molecule has 0 aliphatic heterocycles. The Balaban J connectivity index is 0.000000921. The Morgan fingerprint density at radius 2 is 1.60 bits per heavy atom. The molecule has 0 aliphatic rings. The third-order valence-electron chi connectivity index (χ3n) is 1.71. The van der Waals surface area contributed by atoms with E-state index in [1.54, 1.807) is 6.92 Å². The molecule has 0 heterocycles. The number of aryl methyl sites for hydroxylation is 1. The molecule has 0 bridgehead atoms. The molecule has 1 aromatic rings. The number of aromatic carboxylic acids is 2. The number of carboxylic acid groups (broad SMARTS) is 2. The number of hydrogen-bond acceptors (Lipinski definition) is 2. The highest BCUT2D eigenvalue weighted by Gasteiger charge is 2.10. The smallest absolute Gasteiger partial charge is 0.335 e. The van der Waals surface area contributed by atoms with Crippen molar-refractivity contribution in [1.82, 2.24) is 0 Å². The molecule has 0 spiro atoms. The summed E-state index contributed by atoms with van der Waals surface area (Å²) in [4.78, 5) is 21.1. The topological polar surface area (TPSA) is 74.6 Å². The summed E-state index contributed by atoms with van der Waals surface area (Å²) in [5.74, 6) is -2.23. The Bertz CT molecular complexity index is 369. The average molecular weight is 210 g/mol. The molecule has 82 valence electrons. The minimum atomic E-state index is -1.12. The third kappa shape index (κ3) is 3.42. The maximum atomic E-state index is 10.6. The van der Waals surface area contributed by atoms with Crippen molar-refractivity contribution >= 4 is 11.9 Å². The first-order valence-electron chi connectivity index (χ1n) is 4.59. The fourth-order valence-electron chi connectivity index (χ4n) is 0.985. The number of carbonyl (C=O) groups is 2. The van der Waals surface area contributed by atoms with Crippen molar-refractivity contribution in [3.8, 4) is 0 Å². The largest absolute Gasteiger partial charge is 0.478 e. The third-order valence-corrected chi connectivity index (χ3v) is 1.71. The van der Waals surface area contributed by atoms with Crippen molar-refractivity contribution in [3.63, 3.8) is 0 Å². The maximum absolute atomic E-state index is 10.6. The molecule has 4 heteroatoms. The van der Waals surface area contributed by atoms with E-state index >= 15 is 0 Å². The van der Waals surface area contributed by atoms with Gasteiger partial charge in [-0.05, 0) is 24.6 Å². The van der Waals surface area contributed by atoms with Crippen molar-refractivity contribution in [1.29, 1.82) is 0 Å². The predicted molar refractivity (Wildman–Crippen MR) is 56.4 cm³/mol. The number of rotatable bonds is 2. The van der Waals surface area contributed by atoms with Crippen LogP contribution in [0.3, 0.4) is 0 Å². The normalized spacial score (nSPS) is 8.73. The van der Waals surface area contributed by atoms with Gasteiger partial charge >= 0.3 is 11.9 Å².